The minimum atomic E-state index is 0.542. The van der Waals surface area contributed by atoms with Crippen LogP contribution in [-0.2, 0) is 0 Å². The SMILES string of the molecule is C=CCOc1ccc(SCCSc2ccc(OCC=C)cc2)cc1. The zero-order chi connectivity index (χ0) is 17.0. The molecule has 0 amide bonds. The van der Waals surface area contributed by atoms with E-state index >= 15 is 0 Å². The number of hydrogen-bond acceptors (Lipinski definition) is 4. The molecule has 0 aliphatic rings. The number of thioether (sulfide) groups is 2. The molecule has 0 fully saturated rings. The van der Waals surface area contributed by atoms with Crippen LogP contribution in [0.1, 0.15) is 0 Å². The molecule has 0 N–H and O–H groups in total. The zero-order valence-electron chi connectivity index (χ0n) is 13.6. The van der Waals surface area contributed by atoms with Crippen molar-refractivity contribution in [2.75, 3.05) is 24.7 Å². The van der Waals surface area contributed by atoms with E-state index in [9.17, 15) is 0 Å². The van der Waals surface area contributed by atoms with Crippen LogP contribution in [-0.4, -0.2) is 24.7 Å². The molecular weight excluding hydrogens is 336 g/mol. The summed E-state index contributed by atoms with van der Waals surface area (Å²) >= 11 is 3.71. The number of benzene rings is 2. The van der Waals surface area contributed by atoms with Gasteiger partial charge >= 0.3 is 0 Å². The van der Waals surface area contributed by atoms with Crippen molar-refractivity contribution >= 4 is 23.5 Å². The number of hydrogen-bond donors (Lipinski definition) is 0. The number of rotatable bonds is 11. The Morgan fingerprint density at radius 1 is 0.667 bits per heavy atom. The third-order valence-electron chi connectivity index (χ3n) is 3.00. The van der Waals surface area contributed by atoms with E-state index in [1.54, 1.807) is 12.2 Å². The third kappa shape index (κ3) is 6.77. The van der Waals surface area contributed by atoms with Crippen LogP contribution >= 0.6 is 23.5 Å². The van der Waals surface area contributed by atoms with Crippen LogP contribution in [0, 0.1) is 0 Å². The van der Waals surface area contributed by atoms with Gasteiger partial charge in [0.1, 0.15) is 24.7 Å². The van der Waals surface area contributed by atoms with E-state index < -0.39 is 0 Å². The molecule has 0 aliphatic heterocycles. The normalized spacial score (nSPS) is 10.2. The van der Waals surface area contributed by atoms with Crippen LogP contribution in [0.4, 0.5) is 0 Å². The van der Waals surface area contributed by atoms with Crippen LogP contribution < -0.4 is 9.47 Å². The van der Waals surface area contributed by atoms with Crippen molar-refractivity contribution < 1.29 is 9.47 Å². The second-order valence-electron chi connectivity index (χ2n) is 4.84. The molecule has 24 heavy (non-hydrogen) atoms. The average molecular weight is 359 g/mol. The first-order valence-electron chi connectivity index (χ1n) is 7.75. The van der Waals surface area contributed by atoms with Crippen LogP contribution in [0.5, 0.6) is 11.5 Å². The van der Waals surface area contributed by atoms with Crippen molar-refractivity contribution in [1.82, 2.24) is 0 Å². The minimum Gasteiger partial charge on any atom is -0.490 e. The summed E-state index contributed by atoms with van der Waals surface area (Å²) in [4.78, 5) is 2.52. The van der Waals surface area contributed by atoms with Gasteiger partial charge in [-0.1, -0.05) is 25.3 Å². The molecule has 0 heterocycles. The lowest BCUT2D eigenvalue weighted by Gasteiger charge is -2.06. The Bertz CT molecular complexity index is 564. The molecule has 0 unspecified atom stereocenters. The molecule has 0 saturated carbocycles. The molecule has 0 spiro atoms. The maximum atomic E-state index is 5.48. The Hall–Kier alpha value is -1.78. The average Bonchev–Trinajstić information content (AvgIpc) is 2.64. The summed E-state index contributed by atoms with van der Waals surface area (Å²) in [5, 5.41) is 0. The van der Waals surface area contributed by atoms with Crippen LogP contribution in [0.3, 0.4) is 0 Å². The summed E-state index contributed by atoms with van der Waals surface area (Å²) in [6.45, 7) is 8.37. The van der Waals surface area contributed by atoms with Gasteiger partial charge in [0.2, 0.25) is 0 Å². The Labute approximate surface area is 153 Å². The van der Waals surface area contributed by atoms with E-state index in [-0.39, 0.29) is 0 Å². The quantitative estimate of drug-likeness (QED) is 0.291. The van der Waals surface area contributed by atoms with Gasteiger partial charge in [0.05, 0.1) is 0 Å². The van der Waals surface area contributed by atoms with Gasteiger partial charge in [0.25, 0.3) is 0 Å². The molecule has 0 bridgehead atoms. The second-order valence-corrected chi connectivity index (χ2v) is 7.18. The molecule has 0 aliphatic carbocycles. The Kier molecular flexibility index (Phi) is 8.42. The van der Waals surface area contributed by atoms with Crippen LogP contribution in [0.25, 0.3) is 0 Å². The first kappa shape index (κ1) is 18.6. The predicted octanol–water partition coefficient (Wildman–Crippen LogP) is 5.70. The van der Waals surface area contributed by atoms with Gasteiger partial charge < -0.3 is 9.47 Å². The van der Waals surface area contributed by atoms with Gasteiger partial charge in [0, 0.05) is 21.3 Å². The number of ether oxygens (including phenoxy) is 2. The van der Waals surface area contributed by atoms with Crippen molar-refractivity contribution in [2.24, 2.45) is 0 Å². The lowest BCUT2D eigenvalue weighted by molar-refractivity contribution is 0.363. The van der Waals surface area contributed by atoms with Crippen LogP contribution in [0.2, 0.25) is 0 Å². The van der Waals surface area contributed by atoms with E-state index in [0.29, 0.717) is 13.2 Å². The van der Waals surface area contributed by atoms with Crippen LogP contribution in [0.15, 0.2) is 83.6 Å². The van der Waals surface area contributed by atoms with Gasteiger partial charge in [-0.05, 0) is 48.5 Å². The highest BCUT2D eigenvalue weighted by atomic mass is 32.2. The molecule has 0 aromatic heterocycles. The highest BCUT2D eigenvalue weighted by molar-refractivity contribution is 8.03. The Balaban J connectivity index is 1.68. The summed E-state index contributed by atoms with van der Waals surface area (Å²) in [6.07, 6.45) is 3.50. The monoisotopic (exact) mass is 358 g/mol. The van der Waals surface area contributed by atoms with E-state index in [4.69, 9.17) is 9.47 Å². The van der Waals surface area contributed by atoms with Crippen molar-refractivity contribution in [1.29, 1.82) is 0 Å². The summed E-state index contributed by atoms with van der Waals surface area (Å²) < 4.78 is 11.0. The molecule has 2 rings (SSSR count). The fourth-order valence-corrected chi connectivity index (χ4v) is 3.69. The lowest BCUT2D eigenvalue weighted by Crippen LogP contribution is -1.92. The van der Waals surface area contributed by atoms with Gasteiger partial charge in [-0.25, -0.2) is 0 Å². The zero-order valence-corrected chi connectivity index (χ0v) is 15.3. The van der Waals surface area contributed by atoms with Gasteiger partial charge in [-0.2, -0.15) is 0 Å². The third-order valence-corrected chi connectivity index (χ3v) is 5.29. The van der Waals surface area contributed by atoms with E-state index in [2.05, 4.69) is 37.4 Å². The first-order valence-corrected chi connectivity index (χ1v) is 9.72. The molecular formula is C20H22O2S2. The highest BCUT2D eigenvalue weighted by Crippen LogP contribution is 2.26. The van der Waals surface area contributed by atoms with E-state index in [1.165, 1.54) is 9.79 Å². The summed E-state index contributed by atoms with van der Waals surface area (Å²) in [7, 11) is 0. The Morgan fingerprint density at radius 2 is 1.04 bits per heavy atom. The summed E-state index contributed by atoms with van der Waals surface area (Å²) in [6, 6.07) is 16.4. The fourth-order valence-electron chi connectivity index (χ4n) is 1.89. The van der Waals surface area contributed by atoms with E-state index in [0.717, 1.165) is 23.0 Å². The molecule has 2 aromatic carbocycles. The van der Waals surface area contributed by atoms with Crippen molar-refractivity contribution in [2.45, 2.75) is 9.79 Å². The highest BCUT2D eigenvalue weighted by Gasteiger charge is 1.99. The minimum absolute atomic E-state index is 0.542. The van der Waals surface area contributed by atoms with E-state index in [1.807, 2.05) is 47.8 Å². The second kappa shape index (κ2) is 10.9. The fraction of sp³-hybridized carbons (Fsp3) is 0.200. The molecule has 0 radical (unpaired) electrons. The van der Waals surface area contributed by atoms with Crippen molar-refractivity contribution in [3.05, 3.63) is 73.8 Å². The molecule has 126 valence electrons. The van der Waals surface area contributed by atoms with Gasteiger partial charge in [-0.15, -0.1) is 23.5 Å². The summed E-state index contributed by atoms with van der Waals surface area (Å²) in [5.74, 6) is 3.89. The lowest BCUT2D eigenvalue weighted by atomic mass is 10.3. The molecule has 2 nitrogen and oxygen atoms in total. The van der Waals surface area contributed by atoms with Crippen molar-refractivity contribution in [3.63, 3.8) is 0 Å². The molecule has 0 saturated heterocycles. The van der Waals surface area contributed by atoms with Gasteiger partial charge in [-0.3, -0.25) is 0 Å². The standard InChI is InChI=1S/C20H22O2S2/c1-3-13-21-17-5-9-19(10-6-17)23-15-16-24-20-11-7-18(8-12-20)22-14-4-2/h3-12H,1-2,13-16H2. The van der Waals surface area contributed by atoms with Gasteiger partial charge in [0.15, 0.2) is 0 Å². The first-order chi connectivity index (χ1) is 11.8. The van der Waals surface area contributed by atoms with Crippen molar-refractivity contribution in [3.8, 4) is 11.5 Å². The summed E-state index contributed by atoms with van der Waals surface area (Å²) in [5.41, 5.74) is 0. The predicted molar refractivity (Wildman–Crippen MR) is 106 cm³/mol. The smallest absolute Gasteiger partial charge is 0.119 e. The maximum Gasteiger partial charge on any atom is 0.119 e. The largest absolute Gasteiger partial charge is 0.490 e. The topological polar surface area (TPSA) is 18.5 Å². The molecule has 4 heteroatoms. The Morgan fingerprint density at radius 3 is 1.38 bits per heavy atom. The molecule has 0 atom stereocenters. The maximum absolute atomic E-state index is 5.48. The molecule has 2 aromatic rings.